The van der Waals surface area contributed by atoms with Crippen LogP contribution in [0.15, 0.2) is 30.5 Å². The van der Waals surface area contributed by atoms with Crippen molar-refractivity contribution in [1.29, 1.82) is 0 Å². The number of carbonyl (C=O) groups is 1. The first-order valence-electron chi connectivity index (χ1n) is 9.28. The number of nitrogens with zero attached hydrogens (tertiary/aromatic N) is 5. The molecule has 0 saturated carbocycles. The number of hydrogen-bond acceptors (Lipinski definition) is 6. The average molecular weight is 436 g/mol. The van der Waals surface area contributed by atoms with Gasteiger partial charge in [-0.2, -0.15) is 0 Å². The van der Waals surface area contributed by atoms with Crippen molar-refractivity contribution in [2.75, 3.05) is 49.1 Å². The van der Waals surface area contributed by atoms with E-state index in [1.54, 1.807) is 23.2 Å². The highest BCUT2D eigenvalue weighted by Crippen LogP contribution is 2.32. The third-order valence-corrected chi connectivity index (χ3v) is 5.78. The van der Waals surface area contributed by atoms with Crippen LogP contribution in [0.5, 0.6) is 0 Å². The fourth-order valence-corrected chi connectivity index (χ4v) is 4.27. The van der Waals surface area contributed by atoms with Crippen molar-refractivity contribution in [1.82, 2.24) is 9.88 Å². The molecule has 2 aromatic rings. The maximum Gasteiger partial charge on any atom is 0.271 e. The maximum absolute atomic E-state index is 12.9. The molecule has 0 unspecified atom stereocenters. The molecule has 3 heterocycles. The van der Waals surface area contributed by atoms with Gasteiger partial charge < -0.3 is 9.80 Å². The molecule has 4 rings (SSSR count). The lowest BCUT2D eigenvalue weighted by Gasteiger charge is -2.36. The molecule has 29 heavy (non-hydrogen) atoms. The number of pyridine rings is 1. The van der Waals surface area contributed by atoms with Crippen LogP contribution in [0.25, 0.3) is 0 Å². The normalized spacial score (nSPS) is 16.8. The molecule has 1 aromatic heterocycles. The van der Waals surface area contributed by atoms with Gasteiger partial charge >= 0.3 is 0 Å². The topological polar surface area (TPSA) is 82.8 Å². The number of halogens is 2. The van der Waals surface area contributed by atoms with E-state index in [9.17, 15) is 14.9 Å². The number of carbonyl (C=O) groups excluding carboxylic acids is 1. The molecule has 1 saturated heterocycles. The second-order valence-electron chi connectivity index (χ2n) is 7.09. The van der Waals surface area contributed by atoms with Crippen molar-refractivity contribution in [2.24, 2.45) is 0 Å². The molecule has 1 aromatic carbocycles. The van der Waals surface area contributed by atoms with E-state index in [2.05, 4.69) is 14.8 Å². The van der Waals surface area contributed by atoms with E-state index in [0.29, 0.717) is 60.7 Å². The lowest BCUT2D eigenvalue weighted by Crippen LogP contribution is -2.50. The third-order valence-electron chi connectivity index (χ3n) is 5.30. The van der Waals surface area contributed by atoms with Crippen molar-refractivity contribution in [3.05, 3.63) is 56.2 Å². The first-order valence-corrected chi connectivity index (χ1v) is 10.0. The highest BCUT2D eigenvalue weighted by molar-refractivity contribution is 6.36. The second-order valence-corrected chi connectivity index (χ2v) is 7.93. The zero-order valence-corrected chi connectivity index (χ0v) is 17.1. The molecule has 1 fully saturated rings. The number of amides is 1. The lowest BCUT2D eigenvalue weighted by molar-refractivity contribution is -0.384. The zero-order chi connectivity index (χ0) is 20.5. The predicted octanol–water partition coefficient (Wildman–Crippen LogP) is 3.01. The first kappa shape index (κ1) is 19.9. The van der Waals surface area contributed by atoms with Crippen LogP contribution in [-0.2, 0) is 11.2 Å². The van der Waals surface area contributed by atoms with Crippen LogP contribution in [0.2, 0.25) is 10.0 Å². The molecule has 10 heteroatoms. The van der Waals surface area contributed by atoms with Gasteiger partial charge in [-0.05, 0) is 18.1 Å². The molecular weight excluding hydrogens is 417 g/mol. The molecule has 2 aliphatic rings. The van der Waals surface area contributed by atoms with E-state index in [-0.39, 0.29) is 18.1 Å². The maximum atomic E-state index is 12.9. The van der Waals surface area contributed by atoms with Gasteiger partial charge in [-0.3, -0.25) is 19.8 Å². The van der Waals surface area contributed by atoms with Crippen molar-refractivity contribution in [3.63, 3.8) is 0 Å². The Morgan fingerprint density at radius 3 is 2.59 bits per heavy atom. The van der Waals surface area contributed by atoms with Gasteiger partial charge in [0, 0.05) is 51.1 Å². The number of anilines is 2. The summed E-state index contributed by atoms with van der Waals surface area (Å²) in [5.74, 6) is 0.656. The minimum atomic E-state index is -0.434. The average Bonchev–Trinajstić information content (AvgIpc) is 3.12. The SMILES string of the molecule is O=C(CN1CCN(c2ncc(Cl)cc2Cl)CC1)N1CCc2ccc([N+](=O)[O-])cc21. The summed E-state index contributed by atoms with van der Waals surface area (Å²) in [6.45, 7) is 3.62. The molecule has 8 nitrogen and oxygen atoms in total. The number of non-ortho nitro benzene ring substituents is 1. The van der Waals surface area contributed by atoms with Crippen molar-refractivity contribution in [3.8, 4) is 0 Å². The molecule has 0 spiro atoms. The summed E-state index contributed by atoms with van der Waals surface area (Å²) in [7, 11) is 0. The number of hydrogen-bond donors (Lipinski definition) is 0. The Morgan fingerprint density at radius 2 is 1.90 bits per heavy atom. The summed E-state index contributed by atoms with van der Waals surface area (Å²) in [5, 5.41) is 12.1. The summed E-state index contributed by atoms with van der Waals surface area (Å²) in [4.78, 5) is 33.6. The zero-order valence-electron chi connectivity index (χ0n) is 15.6. The standard InChI is InChI=1S/C19H19Cl2N5O3/c20-14-9-16(21)19(22-11-14)24-7-5-23(6-8-24)12-18(27)25-4-3-13-1-2-15(26(28)29)10-17(13)25/h1-2,9-11H,3-8,12H2. The quantitative estimate of drug-likeness (QED) is 0.542. The van der Waals surface area contributed by atoms with E-state index < -0.39 is 4.92 Å². The van der Waals surface area contributed by atoms with Crippen molar-refractivity contribution in [2.45, 2.75) is 6.42 Å². The Balaban J connectivity index is 1.38. The number of rotatable bonds is 4. The summed E-state index contributed by atoms with van der Waals surface area (Å²) < 4.78 is 0. The summed E-state index contributed by atoms with van der Waals surface area (Å²) in [5.41, 5.74) is 1.63. The summed E-state index contributed by atoms with van der Waals surface area (Å²) in [6, 6.07) is 6.39. The largest absolute Gasteiger partial charge is 0.353 e. The lowest BCUT2D eigenvalue weighted by atomic mass is 10.1. The Morgan fingerprint density at radius 1 is 1.14 bits per heavy atom. The number of nitro benzene ring substituents is 1. The van der Waals surface area contributed by atoms with Gasteiger partial charge in [0.2, 0.25) is 5.91 Å². The van der Waals surface area contributed by atoms with E-state index in [1.807, 2.05) is 0 Å². The molecule has 2 aliphatic heterocycles. The van der Waals surface area contributed by atoms with Gasteiger partial charge in [-0.1, -0.05) is 29.3 Å². The van der Waals surface area contributed by atoms with Crippen LogP contribution in [0.3, 0.4) is 0 Å². The van der Waals surface area contributed by atoms with Gasteiger partial charge in [-0.15, -0.1) is 0 Å². The first-order chi connectivity index (χ1) is 13.9. The summed E-state index contributed by atoms with van der Waals surface area (Å²) in [6.07, 6.45) is 2.29. The number of nitro groups is 1. The molecule has 0 atom stereocenters. The highest BCUT2D eigenvalue weighted by Gasteiger charge is 2.29. The number of aromatic nitrogens is 1. The Hall–Kier alpha value is -2.42. The van der Waals surface area contributed by atoms with E-state index in [0.717, 1.165) is 5.56 Å². The number of fused-ring (bicyclic) bond motifs is 1. The Labute approximate surface area is 177 Å². The molecule has 0 bridgehead atoms. The minimum absolute atomic E-state index is 0.00408. The Kier molecular flexibility index (Phi) is 5.58. The predicted molar refractivity (Wildman–Crippen MR) is 112 cm³/mol. The Bertz CT molecular complexity index is 963. The fourth-order valence-electron chi connectivity index (χ4n) is 3.77. The molecule has 1 amide bonds. The van der Waals surface area contributed by atoms with Crippen LogP contribution in [-0.4, -0.2) is 60.0 Å². The van der Waals surface area contributed by atoms with E-state index >= 15 is 0 Å². The molecule has 0 radical (unpaired) electrons. The smallest absolute Gasteiger partial charge is 0.271 e. The van der Waals surface area contributed by atoms with Crippen molar-refractivity contribution >= 4 is 46.3 Å². The van der Waals surface area contributed by atoms with E-state index in [1.165, 1.54) is 12.1 Å². The molecule has 0 N–H and O–H groups in total. The highest BCUT2D eigenvalue weighted by atomic mass is 35.5. The van der Waals surface area contributed by atoms with Crippen LogP contribution >= 0.6 is 23.2 Å². The molecule has 152 valence electrons. The number of piperazine rings is 1. The van der Waals surface area contributed by atoms with Crippen LogP contribution in [0, 0.1) is 10.1 Å². The summed E-state index contributed by atoms with van der Waals surface area (Å²) >= 11 is 12.1. The van der Waals surface area contributed by atoms with Crippen LogP contribution in [0.1, 0.15) is 5.56 Å². The van der Waals surface area contributed by atoms with Gasteiger partial charge in [0.05, 0.1) is 27.2 Å². The third kappa shape index (κ3) is 4.14. The van der Waals surface area contributed by atoms with Crippen LogP contribution in [0.4, 0.5) is 17.2 Å². The van der Waals surface area contributed by atoms with E-state index in [4.69, 9.17) is 23.2 Å². The van der Waals surface area contributed by atoms with Crippen LogP contribution < -0.4 is 9.80 Å². The monoisotopic (exact) mass is 435 g/mol. The number of benzene rings is 1. The van der Waals surface area contributed by atoms with Gasteiger partial charge in [0.25, 0.3) is 5.69 Å². The second kappa shape index (κ2) is 8.14. The minimum Gasteiger partial charge on any atom is -0.353 e. The molecule has 0 aliphatic carbocycles. The van der Waals surface area contributed by atoms with Crippen molar-refractivity contribution < 1.29 is 9.72 Å². The molecular formula is C19H19Cl2N5O3. The fraction of sp³-hybridized carbons (Fsp3) is 0.368. The van der Waals surface area contributed by atoms with Gasteiger partial charge in [0.1, 0.15) is 5.82 Å². The van der Waals surface area contributed by atoms with Gasteiger partial charge in [-0.25, -0.2) is 4.98 Å². The van der Waals surface area contributed by atoms with Gasteiger partial charge in [0.15, 0.2) is 0 Å².